The van der Waals surface area contributed by atoms with Crippen molar-refractivity contribution in [1.29, 1.82) is 0 Å². The van der Waals surface area contributed by atoms with Crippen molar-refractivity contribution in [3.63, 3.8) is 0 Å². The molecular weight excluding hydrogens is 400 g/mol. The Hall–Kier alpha value is -0.910. The highest BCUT2D eigenvalue weighted by atomic mass is 32.2. The first kappa shape index (κ1) is 21.8. The van der Waals surface area contributed by atoms with Gasteiger partial charge in [-0.3, -0.25) is 0 Å². The average Bonchev–Trinajstić information content (AvgIpc) is 3.37. The van der Waals surface area contributed by atoms with Crippen LogP contribution in [0.25, 0.3) is 5.57 Å². The van der Waals surface area contributed by atoms with Crippen LogP contribution in [0.3, 0.4) is 0 Å². The zero-order chi connectivity index (χ0) is 20.5. The van der Waals surface area contributed by atoms with Crippen LogP contribution >= 0.6 is 34.8 Å². The summed E-state index contributed by atoms with van der Waals surface area (Å²) in [5, 5.41) is 0.662. The Morgan fingerprint density at radius 1 is 1.18 bits per heavy atom. The minimum absolute atomic E-state index is 0.220. The van der Waals surface area contributed by atoms with E-state index in [0.29, 0.717) is 10.7 Å². The Balaban J connectivity index is 1.81. The van der Waals surface area contributed by atoms with E-state index in [4.69, 9.17) is 4.37 Å². The average molecular weight is 433 g/mol. The van der Waals surface area contributed by atoms with Crippen LogP contribution in [0.4, 0.5) is 0 Å². The zero-order valence-electron chi connectivity index (χ0n) is 18.1. The Morgan fingerprint density at radius 3 is 2.54 bits per heavy atom. The van der Waals surface area contributed by atoms with Crippen LogP contribution in [0.2, 0.25) is 0 Å². The number of rotatable bonds is 6. The van der Waals surface area contributed by atoms with Gasteiger partial charge in [0.25, 0.3) is 0 Å². The molecule has 1 atom stereocenters. The van der Waals surface area contributed by atoms with Crippen molar-refractivity contribution in [2.24, 2.45) is 5.41 Å². The number of hydrogen-bond acceptors (Lipinski definition) is 5. The third-order valence-corrected chi connectivity index (χ3v) is 9.53. The fourth-order valence-corrected chi connectivity index (χ4v) is 6.42. The van der Waals surface area contributed by atoms with Gasteiger partial charge in [-0.25, -0.2) is 0 Å². The second kappa shape index (κ2) is 8.45. The van der Waals surface area contributed by atoms with Crippen LogP contribution in [0.5, 0.6) is 0 Å². The molecule has 3 heterocycles. The molecule has 0 spiro atoms. The van der Waals surface area contributed by atoms with Crippen LogP contribution in [0.1, 0.15) is 82.4 Å². The van der Waals surface area contributed by atoms with Crippen molar-refractivity contribution in [2.45, 2.75) is 78.4 Å². The van der Waals surface area contributed by atoms with Gasteiger partial charge in [-0.2, -0.15) is 8.75 Å². The topological polar surface area (TPSA) is 25.8 Å². The van der Waals surface area contributed by atoms with Gasteiger partial charge in [-0.15, -0.1) is 23.1 Å². The van der Waals surface area contributed by atoms with Crippen molar-refractivity contribution >= 4 is 40.4 Å². The van der Waals surface area contributed by atoms with E-state index in [1.54, 1.807) is 0 Å². The minimum Gasteiger partial charge on any atom is -0.177 e. The summed E-state index contributed by atoms with van der Waals surface area (Å²) in [7, 11) is 0. The monoisotopic (exact) mass is 432 g/mol. The van der Waals surface area contributed by atoms with Crippen molar-refractivity contribution in [3.8, 4) is 0 Å². The van der Waals surface area contributed by atoms with Crippen LogP contribution in [-0.2, 0) is 11.8 Å². The summed E-state index contributed by atoms with van der Waals surface area (Å²) in [6, 6.07) is 4.55. The molecular formula is C23H32N2S3. The van der Waals surface area contributed by atoms with E-state index in [9.17, 15) is 0 Å². The second-order valence-electron chi connectivity index (χ2n) is 9.22. The molecule has 0 aromatic carbocycles. The Bertz CT molecular complexity index is 878. The maximum atomic E-state index is 4.70. The van der Waals surface area contributed by atoms with Gasteiger partial charge in [-0.1, -0.05) is 53.7 Å². The van der Waals surface area contributed by atoms with E-state index in [1.165, 1.54) is 32.0 Å². The second-order valence-corrected chi connectivity index (χ2v) is 12.2. The number of nitrogens with zero attached hydrogens (tertiary/aromatic N) is 2. The van der Waals surface area contributed by atoms with Gasteiger partial charge >= 0.3 is 0 Å². The molecule has 28 heavy (non-hydrogen) atoms. The van der Waals surface area contributed by atoms with Crippen LogP contribution in [0, 0.1) is 5.41 Å². The van der Waals surface area contributed by atoms with Crippen LogP contribution < -0.4 is 0 Å². The predicted octanol–water partition coefficient (Wildman–Crippen LogP) is 7.72. The lowest BCUT2D eigenvalue weighted by atomic mass is 9.89. The molecule has 0 radical (unpaired) electrons. The van der Waals surface area contributed by atoms with Crippen molar-refractivity contribution in [2.75, 3.05) is 0 Å². The lowest BCUT2D eigenvalue weighted by molar-refractivity contribution is 0.398. The Kier molecular flexibility index (Phi) is 6.58. The molecule has 0 saturated heterocycles. The number of hydrogen-bond donors (Lipinski definition) is 0. The number of aromatic nitrogens is 2. The maximum absolute atomic E-state index is 4.70. The summed E-state index contributed by atoms with van der Waals surface area (Å²) in [6.07, 6.45) is 7.81. The molecule has 2 aromatic rings. The normalized spacial score (nSPS) is 18.6. The SMILES string of the molecule is CC=C(c1ccc(C(C)(C)CC)s1)c1nsnc1CC1=CCC(C(C)(C)C)S1. The van der Waals surface area contributed by atoms with Crippen molar-refractivity contribution in [1.82, 2.24) is 8.75 Å². The highest BCUT2D eigenvalue weighted by Gasteiger charge is 2.30. The summed E-state index contributed by atoms with van der Waals surface area (Å²) in [5.41, 5.74) is 3.97. The molecule has 0 amide bonds. The highest BCUT2D eigenvalue weighted by molar-refractivity contribution is 8.03. The maximum Gasteiger partial charge on any atom is 0.109 e. The van der Waals surface area contributed by atoms with E-state index in [-0.39, 0.29) is 5.41 Å². The molecule has 5 heteroatoms. The lowest BCUT2D eigenvalue weighted by Crippen LogP contribution is -2.20. The van der Waals surface area contributed by atoms with Crippen LogP contribution in [0.15, 0.2) is 29.2 Å². The third kappa shape index (κ3) is 4.63. The summed E-state index contributed by atoms with van der Waals surface area (Å²) in [4.78, 5) is 4.19. The Morgan fingerprint density at radius 2 is 1.93 bits per heavy atom. The number of allylic oxidation sites excluding steroid dienone is 3. The van der Waals surface area contributed by atoms with Gasteiger partial charge in [0.2, 0.25) is 0 Å². The molecule has 1 unspecified atom stereocenters. The summed E-state index contributed by atoms with van der Waals surface area (Å²) >= 11 is 5.27. The molecule has 152 valence electrons. The molecule has 0 N–H and O–H groups in total. The first-order valence-corrected chi connectivity index (χ1v) is 12.5. The summed E-state index contributed by atoms with van der Waals surface area (Å²) in [6.45, 7) is 16.0. The highest BCUT2D eigenvalue weighted by Crippen LogP contribution is 2.44. The third-order valence-electron chi connectivity index (χ3n) is 5.68. The fraction of sp³-hybridized carbons (Fsp3) is 0.565. The van der Waals surface area contributed by atoms with Gasteiger partial charge in [0, 0.05) is 27.0 Å². The molecule has 2 nitrogen and oxygen atoms in total. The molecule has 3 rings (SSSR count). The first-order chi connectivity index (χ1) is 13.2. The summed E-state index contributed by atoms with van der Waals surface area (Å²) in [5.74, 6) is 0. The molecule has 0 fully saturated rings. The van der Waals surface area contributed by atoms with Crippen molar-refractivity contribution < 1.29 is 0 Å². The van der Waals surface area contributed by atoms with Gasteiger partial charge in [0.15, 0.2) is 0 Å². The van der Waals surface area contributed by atoms with Gasteiger partial charge in [0.05, 0.1) is 17.4 Å². The molecule has 0 aliphatic carbocycles. The molecule has 1 aliphatic heterocycles. The van der Waals surface area contributed by atoms with E-state index in [2.05, 4.69) is 77.1 Å². The number of thioether (sulfide) groups is 1. The molecule has 0 saturated carbocycles. The summed E-state index contributed by atoms with van der Waals surface area (Å²) < 4.78 is 9.37. The molecule has 2 aromatic heterocycles. The van der Waals surface area contributed by atoms with Crippen LogP contribution in [-0.4, -0.2) is 14.0 Å². The number of thiophene rings is 1. The van der Waals surface area contributed by atoms with E-state index in [1.807, 2.05) is 23.1 Å². The van der Waals surface area contributed by atoms with E-state index >= 15 is 0 Å². The van der Waals surface area contributed by atoms with E-state index < -0.39 is 0 Å². The molecule has 0 bridgehead atoms. The lowest BCUT2D eigenvalue weighted by Gasteiger charge is -2.26. The first-order valence-electron chi connectivity index (χ1n) is 10.1. The van der Waals surface area contributed by atoms with Gasteiger partial charge < -0.3 is 0 Å². The quantitative estimate of drug-likeness (QED) is 0.467. The largest absolute Gasteiger partial charge is 0.177 e. The Labute approximate surface area is 182 Å². The predicted molar refractivity (Wildman–Crippen MR) is 128 cm³/mol. The minimum atomic E-state index is 0.220. The fourth-order valence-electron chi connectivity index (χ4n) is 3.27. The standard InChI is InChI=1S/C23H32N2S3/c1-8-16(18-11-13-20(27-18)23(6,7)9-2)21-17(24-28-25-21)14-15-10-12-19(26-15)22(3,4)5/h8,10-11,13,19H,9,12,14H2,1-7H3. The molecule has 1 aliphatic rings. The van der Waals surface area contributed by atoms with Gasteiger partial charge in [-0.05, 0) is 47.6 Å². The van der Waals surface area contributed by atoms with Gasteiger partial charge in [0.1, 0.15) is 5.69 Å². The van der Waals surface area contributed by atoms with Crippen molar-refractivity contribution in [3.05, 3.63) is 50.3 Å². The smallest absolute Gasteiger partial charge is 0.109 e. The zero-order valence-corrected chi connectivity index (χ0v) is 20.6. The van der Waals surface area contributed by atoms with E-state index in [0.717, 1.165) is 30.7 Å².